The summed E-state index contributed by atoms with van der Waals surface area (Å²) in [5.74, 6) is 0.438. The summed E-state index contributed by atoms with van der Waals surface area (Å²) < 4.78 is 13.1. The van der Waals surface area contributed by atoms with Gasteiger partial charge in [0.2, 0.25) is 0 Å². The highest BCUT2D eigenvalue weighted by Crippen LogP contribution is 2.23. The molecule has 2 heterocycles. The van der Waals surface area contributed by atoms with Gasteiger partial charge in [0, 0.05) is 36.3 Å². The molecule has 1 atom stereocenters. The Hall–Kier alpha value is -2.73. The molecule has 6 heteroatoms. The fourth-order valence-electron chi connectivity index (χ4n) is 3.84. The van der Waals surface area contributed by atoms with Crippen molar-refractivity contribution in [2.24, 2.45) is 0 Å². The molecule has 146 valence electrons. The van der Waals surface area contributed by atoms with Crippen molar-refractivity contribution in [1.82, 2.24) is 20.2 Å². The van der Waals surface area contributed by atoms with Crippen molar-refractivity contribution in [2.45, 2.75) is 38.8 Å². The van der Waals surface area contributed by atoms with Gasteiger partial charge in [-0.3, -0.25) is 4.79 Å². The molecule has 1 aromatic heterocycles. The van der Waals surface area contributed by atoms with Crippen LogP contribution in [0, 0.1) is 5.82 Å². The van der Waals surface area contributed by atoms with Crippen molar-refractivity contribution in [3.63, 3.8) is 0 Å². The fraction of sp³-hybridized carbons (Fsp3) is 0.364. The maximum atomic E-state index is 13.1. The Morgan fingerprint density at radius 3 is 2.79 bits per heavy atom. The van der Waals surface area contributed by atoms with Gasteiger partial charge in [0.1, 0.15) is 11.6 Å². The van der Waals surface area contributed by atoms with Crippen molar-refractivity contribution in [2.75, 3.05) is 13.1 Å². The third-order valence-corrected chi connectivity index (χ3v) is 5.12. The molecule has 1 aliphatic rings. The molecule has 0 saturated carbocycles. The van der Waals surface area contributed by atoms with Crippen LogP contribution in [-0.2, 0) is 0 Å². The zero-order valence-corrected chi connectivity index (χ0v) is 16.2. The molecule has 1 saturated heterocycles. The van der Waals surface area contributed by atoms with Gasteiger partial charge in [0.05, 0.1) is 11.0 Å². The number of benzene rings is 2. The number of rotatable bonds is 4. The number of halogens is 1. The standard InChI is InChI=1S/C22H25FN4O/c1-14(2)24-18-4-3-11-27(13-18)22(28)16-7-10-19-20(12-16)26-21(25-19)15-5-8-17(23)9-6-15/h5-10,12,14,18,24H,3-4,11,13H2,1-2H3,(H,25,26). The predicted molar refractivity (Wildman–Crippen MR) is 109 cm³/mol. The van der Waals surface area contributed by atoms with E-state index in [0.29, 0.717) is 23.5 Å². The van der Waals surface area contributed by atoms with Gasteiger partial charge in [0.15, 0.2) is 0 Å². The van der Waals surface area contributed by atoms with Crippen LogP contribution in [0.15, 0.2) is 42.5 Å². The predicted octanol–water partition coefficient (Wildman–Crippen LogP) is 3.97. The molecule has 0 spiro atoms. The number of aromatic nitrogens is 2. The number of nitrogens with zero attached hydrogens (tertiary/aromatic N) is 2. The normalized spacial score (nSPS) is 17.4. The second kappa shape index (κ2) is 7.72. The number of hydrogen-bond acceptors (Lipinski definition) is 3. The van der Waals surface area contributed by atoms with E-state index in [4.69, 9.17) is 0 Å². The Balaban J connectivity index is 1.55. The minimum atomic E-state index is -0.278. The van der Waals surface area contributed by atoms with Gasteiger partial charge in [0.25, 0.3) is 5.91 Å². The van der Waals surface area contributed by atoms with E-state index in [-0.39, 0.29) is 11.7 Å². The first-order valence-corrected chi connectivity index (χ1v) is 9.80. The number of hydrogen-bond donors (Lipinski definition) is 2. The molecule has 2 N–H and O–H groups in total. The molecular formula is C22H25FN4O. The maximum absolute atomic E-state index is 13.1. The monoisotopic (exact) mass is 380 g/mol. The zero-order chi connectivity index (χ0) is 19.7. The third kappa shape index (κ3) is 3.92. The van der Waals surface area contributed by atoms with Gasteiger partial charge in [-0.1, -0.05) is 13.8 Å². The Kier molecular flexibility index (Phi) is 5.13. The molecule has 1 fully saturated rings. The highest BCUT2D eigenvalue weighted by atomic mass is 19.1. The molecule has 0 radical (unpaired) electrons. The lowest BCUT2D eigenvalue weighted by Gasteiger charge is -2.34. The molecule has 5 nitrogen and oxygen atoms in total. The van der Waals surface area contributed by atoms with Crippen LogP contribution in [0.2, 0.25) is 0 Å². The Morgan fingerprint density at radius 1 is 1.25 bits per heavy atom. The number of imidazole rings is 1. The number of likely N-dealkylation sites (tertiary alicyclic amines) is 1. The number of aromatic amines is 1. The first kappa shape index (κ1) is 18.6. The number of amides is 1. The van der Waals surface area contributed by atoms with Gasteiger partial charge >= 0.3 is 0 Å². The van der Waals surface area contributed by atoms with E-state index in [9.17, 15) is 9.18 Å². The molecular weight excluding hydrogens is 355 g/mol. The lowest BCUT2D eigenvalue weighted by molar-refractivity contribution is 0.0691. The number of H-pyrrole nitrogens is 1. The summed E-state index contributed by atoms with van der Waals surface area (Å²) in [5, 5.41) is 3.54. The highest BCUT2D eigenvalue weighted by molar-refractivity contribution is 5.97. The Bertz CT molecular complexity index is 980. The van der Waals surface area contributed by atoms with Crippen LogP contribution in [0.4, 0.5) is 4.39 Å². The van der Waals surface area contributed by atoms with E-state index in [1.807, 2.05) is 23.1 Å². The van der Waals surface area contributed by atoms with Crippen LogP contribution >= 0.6 is 0 Å². The smallest absolute Gasteiger partial charge is 0.253 e. The van der Waals surface area contributed by atoms with Crippen molar-refractivity contribution in [1.29, 1.82) is 0 Å². The first-order valence-electron chi connectivity index (χ1n) is 9.80. The summed E-state index contributed by atoms with van der Waals surface area (Å²) in [6.07, 6.45) is 2.11. The molecule has 28 heavy (non-hydrogen) atoms. The Labute approximate surface area is 164 Å². The van der Waals surface area contributed by atoms with Crippen molar-refractivity contribution >= 4 is 16.9 Å². The highest BCUT2D eigenvalue weighted by Gasteiger charge is 2.25. The summed E-state index contributed by atoms with van der Waals surface area (Å²) in [7, 11) is 0. The minimum Gasteiger partial charge on any atom is -0.338 e. The third-order valence-electron chi connectivity index (χ3n) is 5.12. The summed E-state index contributed by atoms with van der Waals surface area (Å²) >= 11 is 0. The average molecular weight is 380 g/mol. The molecule has 1 amide bonds. The van der Waals surface area contributed by atoms with Crippen LogP contribution in [0.3, 0.4) is 0 Å². The number of carbonyl (C=O) groups excluding carboxylic acids is 1. The molecule has 4 rings (SSSR count). The second-order valence-corrected chi connectivity index (χ2v) is 7.74. The summed E-state index contributed by atoms with van der Waals surface area (Å²) in [6, 6.07) is 12.5. The van der Waals surface area contributed by atoms with E-state index in [0.717, 1.165) is 42.5 Å². The van der Waals surface area contributed by atoms with E-state index in [2.05, 4.69) is 29.1 Å². The number of nitrogens with one attached hydrogen (secondary N) is 2. The second-order valence-electron chi connectivity index (χ2n) is 7.74. The fourth-order valence-corrected chi connectivity index (χ4v) is 3.84. The average Bonchev–Trinajstić information content (AvgIpc) is 3.11. The summed E-state index contributed by atoms with van der Waals surface area (Å²) in [6.45, 7) is 5.78. The molecule has 1 aliphatic heterocycles. The molecule has 3 aromatic rings. The van der Waals surface area contributed by atoms with E-state index < -0.39 is 0 Å². The molecule has 0 bridgehead atoms. The SMILES string of the molecule is CC(C)NC1CCCN(C(=O)c2ccc3nc(-c4ccc(F)cc4)[nH]c3c2)C1. The number of fused-ring (bicyclic) bond motifs is 1. The number of piperidine rings is 1. The van der Waals surface area contributed by atoms with Crippen LogP contribution in [0.25, 0.3) is 22.4 Å². The number of carbonyl (C=O) groups is 1. The van der Waals surface area contributed by atoms with Gasteiger partial charge in [-0.2, -0.15) is 0 Å². The molecule has 2 aromatic carbocycles. The first-order chi connectivity index (χ1) is 13.5. The quantitative estimate of drug-likeness (QED) is 0.720. The van der Waals surface area contributed by atoms with Crippen molar-refractivity contribution < 1.29 is 9.18 Å². The van der Waals surface area contributed by atoms with Crippen LogP contribution in [0.1, 0.15) is 37.0 Å². The van der Waals surface area contributed by atoms with Gasteiger partial charge < -0.3 is 15.2 Å². The van der Waals surface area contributed by atoms with Crippen molar-refractivity contribution in [3.8, 4) is 11.4 Å². The largest absolute Gasteiger partial charge is 0.338 e. The van der Waals surface area contributed by atoms with E-state index >= 15 is 0 Å². The van der Waals surface area contributed by atoms with Crippen LogP contribution in [0.5, 0.6) is 0 Å². The van der Waals surface area contributed by atoms with E-state index in [1.165, 1.54) is 12.1 Å². The van der Waals surface area contributed by atoms with Crippen LogP contribution in [-0.4, -0.2) is 45.9 Å². The minimum absolute atomic E-state index is 0.0510. The lowest BCUT2D eigenvalue weighted by atomic mass is 10.0. The van der Waals surface area contributed by atoms with Gasteiger partial charge in [-0.25, -0.2) is 9.37 Å². The zero-order valence-electron chi connectivity index (χ0n) is 16.2. The topological polar surface area (TPSA) is 61.0 Å². The summed E-state index contributed by atoms with van der Waals surface area (Å²) in [4.78, 5) is 22.7. The van der Waals surface area contributed by atoms with Gasteiger partial charge in [-0.15, -0.1) is 0 Å². The maximum Gasteiger partial charge on any atom is 0.253 e. The summed E-state index contributed by atoms with van der Waals surface area (Å²) in [5.41, 5.74) is 3.06. The van der Waals surface area contributed by atoms with Crippen molar-refractivity contribution in [3.05, 3.63) is 53.8 Å². The lowest BCUT2D eigenvalue weighted by Crippen LogP contribution is -2.49. The van der Waals surface area contributed by atoms with Crippen LogP contribution < -0.4 is 5.32 Å². The Morgan fingerprint density at radius 2 is 2.04 bits per heavy atom. The van der Waals surface area contributed by atoms with Gasteiger partial charge in [-0.05, 0) is 55.3 Å². The van der Waals surface area contributed by atoms with E-state index in [1.54, 1.807) is 12.1 Å². The molecule has 0 aliphatic carbocycles. The molecule has 1 unspecified atom stereocenters.